The number of carbonyl (C=O) groups excluding carboxylic acids is 2. The van der Waals surface area contributed by atoms with E-state index in [9.17, 15) is 14.4 Å². The van der Waals surface area contributed by atoms with E-state index in [1.54, 1.807) is 0 Å². The number of hydrogen-bond acceptors (Lipinski definition) is 3. The highest BCUT2D eigenvalue weighted by Gasteiger charge is 1.98. The molecule has 0 aliphatic heterocycles. The molecule has 1 aromatic carbocycles. The van der Waals surface area contributed by atoms with E-state index >= 15 is 0 Å². The molecule has 4 nitrogen and oxygen atoms in total. The normalized spacial score (nSPS) is 8.75. The molecule has 0 unspecified atom stereocenters. The van der Waals surface area contributed by atoms with E-state index in [1.165, 1.54) is 18.2 Å². The summed E-state index contributed by atoms with van der Waals surface area (Å²) in [6.07, 6.45) is 0.937. The molecule has 0 radical (unpaired) electrons. The predicted molar refractivity (Wildman–Crippen MR) is 56.3 cm³/mol. The van der Waals surface area contributed by atoms with Crippen molar-refractivity contribution >= 4 is 18.5 Å². The summed E-state index contributed by atoms with van der Waals surface area (Å²) >= 11 is 0. The van der Waals surface area contributed by atoms with E-state index in [2.05, 4.69) is 11.8 Å². The van der Waals surface area contributed by atoms with Gasteiger partial charge in [-0.3, -0.25) is 14.4 Å². The molecule has 0 atom stereocenters. The van der Waals surface area contributed by atoms with Crippen LogP contribution in [0.4, 0.5) is 0 Å². The first-order valence-corrected chi connectivity index (χ1v) is 4.42. The van der Waals surface area contributed by atoms with Gasteiger partial charge in [0, 0.05) is 16.7 Å². The predicted octanol–water partition coefficient (Wildman–Crippen LogP) is 1.14. The summed E-state index contributed by atoms with van der Waals surface area (Å²) < 4.78 is 0. The zero-order valence-electron chi connectivity index (χ0n) is 8.27. The van der Waals surface area contributed by atoms with Crippen LogP contribution in [0.5, 0.6) is 0 Å². The van der Waals surface area contributed by atoms with Gasteiger partial charge in [0.05, 0.1) is 0 Å². The molecule has 0 heterocycles. The molecule has 80 valence electrons. The van der Waals surface area contributed by atoms with Crippen LogP contribution >= 0.6 is 0 Å². The number of carboxylic acids is 1. The minimum Gasteiger partial charge on any atom is -0.481 e. The second-order valence-corrected chi connectivity index (χ2v) is 3.00. The summed E-state index contributed by atoms with van der Waals surface area (Å²) in [5, 5.41) is 8.38. The Bertz CT molecular complexity index is 465. The van der Waals surface area contributed by atoms with E-state index in [4.69, 9.17) is 5.11 Å². The second kappa shape index (κ2) is 5.47. The van der Waals surface area contributed by atoms with Crippen molar-refractivity contribution < 1.29 is 19.5 Å². The van der Waals surface area contributed by atoms with Crippen LogP contribution in [0, 0.1) is 11.8 Å². The van der Waals surface area contributed by atoms with Crippen LogP contribution in [0.25, 0.3) is 0 Å². The average Bonchev–Trinajstić information content (AvgIpc) is 2.28. The van der Waals surface area contributed by atoms with Crippen LogP contribution < -0.4 is 0 Å². The zero-order valence-corrected chi connectivity index (χ0v) is 8.27. The van der Waals surface area contributed by atoms with Crippen LogP contribution in [0.2, 0.25) is 0 Å². The highest BCUT2D eigenvalue weighted by molar-refractivity contribution is 5.83. The molecule has 16 heavy (non-hydrogen) atoms. The number of benzene rings is 1. The molecule has 0 aliphatic rings. The Morgan fingerprint density at radius 1 is 1.19 bits per heavy atom. The molecule has 0 bridgehead atoms. The Balaban J connectivity index is 3.02. The Hall–Kier alpha value is -2.41. The molecule has 0 saturated carbocycles. The van der Waals surface area contributed by atoms with Crippen molar-refractivity contribution in [1.29, 1.82) is 0 Å². The minimum absolute atomic E-state index is 0.276. The molecule has 0 spiro atoms. The highest BCUT2D eigenvalue weighted by Crippen LogP contribution is 2.06. The lowest BCUT2D eigenvalue weighted by Gasteiger charge is -1.95. The first kappa shape index (κ1) is 11.7. The highest BCUT2D eigenvalue weighted by atomic mass is 16.4. The van der Waals surface area contributed by atoms with Crippen LogP contribution in [0.3, 0.4) is 0 Å². The maximum Gasteiger partial charge on any atom is 0.315 e. The summed E-state index contributed by atoms with van der Waals surface area (Å²) in [6, 6.07) is 4.42. The number of rotatable bonds is 3. The first-order valence-electron chi connectivity index (χ1n) is 4.42. The van der Waals surface area contributed by atoms with Crippen molar-refractivity contribution in [1.82, 2.24) is 0 Å². The standard InChI is InChI=1S/C12H8O4/c13-7-10-4-9(2-1-3-12(15)16)5-11(6-10)8-14/h4-8H,3H2,(H,15,16). The molecular weight excluding hydrogens is 208 g/mol. The Morgan fingerprint density at radius 3 is 2.19 bits per heavy atom. The fraction of sp³-hybridized carbons (Fsp3) is 0.0833. The van der Waals surface area contributed by atoms with Crippen LogP contribution in [-0.4, -0.2) is 23.6 Å². The first-order chi connectivity index (χ1) is 7.65. The van der Waals surface area contributed by atoms with Crippen molar-refractivity contribution in [3.05, 3.63) is 34.9 Å². The topological polar surface area (TPSA) is 71.4 Å². The molecule has 0 fully saturated rings. The van der Waals surface area contributed by atoms with Gasteiger partial charge in [0.2, 0.25) is 0 Å². The lowest BCUT2D eigenvalue weighted by molar-refractivity contribution is -0.135. The van der Waals surface area contributed by atoms with E-state index in [0.717, 1.165) is 0 Å². The Morgan fingerprint density at radius 2 is 1.75 bits per heavy atom. The summed E-state index contributed by atoms with van der Waals surface area (Å²) in [7, 11) is 0. The van der Waals surface area contributed by atoms with Gasteiger partial charge in [-0.1, -0.05) is 11.8 Å². The van der Waals surface area contributed by atoms with E-state index in [1.807, 2.05) is 0 Å². The van der Waals surface area contributed by atoms with Gasteiger partial charge in [0.25, 0.3) is 0 Å². The van der Waals surface area contributed by atoms with Crippen molar-refractivity contribution in [2.45, 2.75) is 6.42 Å². The zero-order chi connectivity index (χ0) is 12.0. The third-order valence-corrected chi connectivity index (χ3v) is 1.72. The summed E-state index contributed by atoms with van der Waals surface area (Å²) in [6.45, 7) is 0. The largest absolute Gasteiger partial charge is 0.481 e. The van der Waals surface area contributed by atoms with Gasteiger partial charge in [-0.25, -0.2) is 0 Å². The van der Waals surface area contributed by atoms with Gasteiger partial charge in [-0.05, 0) is 18.2 Å². The third-order valence-electron chi connectivity index (χ3n) is 1.72. The molecule has 1 aromatic rings. The SMILES string of the molecule is O=Cc1cc(C#CCC(=O)O)cc(C=O)c1. The quantitative estimate of drug-likeness (QED) is 0.607. The average molecular weight is 216 g/mol. The summed E-state index contributed by atoms with van der Waals surface area (Å²) in [5.74, 6) is 3.98. The van der Waals surface area contributed by atoms with Crippen molar-refractivity contribution in [2.75, 3.05) is 0 Å². The molecule has 4 heteroatoms. The summed E-state index contributed by atoms with van der Waals surface area (Å²) in [5.41, 5.74) is 1.13. The number of carboxylic acid groups (broad SMARTS) is 1. The summed E-state index contributed by atoms with van der Waals surface area (Å²) in [4.78, 5) is 31.3. The number of hydrogen-bond donors (Lipinski definition) is 1. The lowest BCUT2D eigenvalue weighted by Crippen LogP contribution is -1.91. The monoisotopic (exact) mass is 216 g/mol. The van der Waals surface area contributed by atoms with Crippen molar-refractivity contribution in [2.24, 2.45) is 0 Å². The maximum atomic E-state index is 10.6. The molecule has 0 aliphatic carbocycles. The van der Waals surface area contributed by atoms with Crippen LogP contribution in [0.1, 0.15) is 32.7 Å². The van der Waals surface area contributed by atoms with Crippen molar-refractivity contribution in [3.63, 3.8) is 0 Å². The fourth-order valence-corrected chi connectivity index (χ4v) is 1.11. The lowest BCUT2D eigenvalue weighted by atomic mass is 10.1. The maximum absolute atomic E-state index is 10.6. The van der Waals surface area contributed by atoms with Crippen LogP contribution in [0.15, 0.2) is 18.2 Å². The molecular formula is C12H8O4. The molecule has 0 aromatic heterocycles. The van der Waals surface area contributed by atoms with Gasteiger partial charge in [-0.2, -0.15) is 0 Å². The smallest absolute Gasteiger partial charge is 0.315 e. The van der Waals surface area contributed by atoms with E-state index in [0.29, 0.717) is 29.3 Å². The molecule has 1 N–H and O–H groups in total. The van der Waals surface area contributed by atoms with Crippen LogP contribution in [-0.2, 0) is 4.79 Å². The Labute approximate surface area is 91.9 Å². The fourth-order valence-electron chi connectivity index (χ4n) is 1.11. The van der Waals surface area contributed by atoms with E-state index < -0.39 is 5.97 Å². The molecule has 0 saturated heterocycles. The van der Waals surface area contributed by atoms with Gasteiger partial charge in [0.15, 0.2) is 0 Å². The van der Waals surface area contributed by atoms with Gasteiger partial charge in [0.1, 0.15) is 19.0 Å². The van der Waals surface area contributed by atoms with Gasteiger partial charge >= 0.3 is 5.97 Å². The van der Waals surface area contributed by atoms with Gasteiger partial charge < -0.3 is 5.11 Å². The Kier molecular flexibility index (Phi) is 3.98. The third kappa shape index (κ3) is 3.39. The second-order valence-electron chi connectivity index (χ2n) is 3.00. The van der Waals surface area contributed by atoms with Crippen molar-refractivity contribution in [3.8, 4) is 11.8 Å². The van der Waals surface area contributed by atoms with Gasteiger partial charge in [-0.15, -0.1) is 0 Å². The molecule has 1 rings (SSSR count). The van der Waals surface area contributed by atoms with E-state index in [-0.39, 0.29) is 6.42 Å². The number of aldehydes is 2. The number of carbonyl (C=O) groups is 3. The molecule has 0 amide bonds. The number of aliphatic carboxylic acids is 1. The minimum atomic E-state index is -1.02.